The molecule has 0 fully saturated rings. The number of hydrogen-bond donors (Lipinski definition) is 0. The molecule has 0 N–H and O–H groups in total. The van der Waals surface area contributed by atoms with Gasteiger partial charge in [-0.1, -0.05) is 22.6 Å². The summed E-state index contributed by atoms with van der Waals surface area (Å²) in [5.41, 5.74) is 0.507. The number of carbonyl (C=O) groups is 1. The highest BCUT2D eigenvalue weighted by molar-refractivity contribution is 14.1. The van der Waals surface area contributed by atoms with E-state index in [1.54, 1.807) is 13.1 Å². The van der Waals surface area contributed by atoms with E-state index in [4.69, 9.17) is 4.74 Å². The van der Waals surface area contributed by atoms with Crippen molar-refractivity contribution in [1.29, 1.82) is 0 Å². The van der Waals surface area contributed by atoms with Crippen LogP contribution in [0.2, 0.25) is 0 Å². The Balaban J connectivity index is 2.93. The summed E-state index contributed by atoms with van der Waals surface area (Å²) in [6.07, 6.45) is -0.454. The Morgan fingerprint density at radius 2 is 2.05 bits per heavy atom. The van der Waals surface area contributed by atoms with Crippen molar-refractivity contribution in [2.75, 3.05) is 25.7 Å². The van der Waals surface area contributed by atoms with Crippen molar-refractivity contribution in [3.8, 4) is 5.75 Å². The first-order valence-corrected chi connectivity index (χ1v) is 7.34. The molecule has 106 valence electrons. The molecule has 19 heavy (non-hydrogen) atoms. The van der Waals surface area contributed by atoms with Crippen LogP contribution in [0, 0.1) is 5.82 Å². The molecular weight excluding hydrogens is 362 g/mol. The first kappa shape index (κ1) is 16.2. The molecule has 1 rings (SSSR count). The number of alkyl halides is 1. The highest BCUT2D eigenvalue weighted by Crippen LogP contribution is 2.25. The number of rotatable bonds is 4. The normalized spacial score (nSPS) is 12.4. The number of amides is 1. The number of ether oxygens (including phenoxy) is 1. The summed E-state index contributed by atoms with van der Waals surface area (Å²) in [7, 11) is 5.38. The van der Waals surface area contributed by atoms with Gasteiger partial charge in [0.2, 0.25) is 0 Å². The van der Waals surface area contributed by atoms with Crippen LogP contribution in [0.5, 0.6) is 5.75 Å². The van der Waals surface area contributed by atoms with E-state index in [9.17, 15) is 9.18 Å². The van der Waals surface area contributed by atoms with Gasteiger partial charge in [0.1, 0.15) is 11.6 Å². The van der Waals surface area contributed by atoms with Gasteiger partial charge in [0, 0.05) is 18.7 Å². The van der Waals surface area contributed by atoms with Crippen molar-refractivity contribution < 1.29 is 13.9 Å². The van der Waals surface area contributed by atoms with Crippen LogP contribution in [0.4, 0.5) is 9.18 Å². The van der Waals surface area contributed by atoms with Crippen LogP contribution in [0.3, 0.4) is 0 Å². The zero-order chi connectivity index (χ0) is 14.6. The van der Waals surface area contributed by atoms with E-state index in [0.29, 0.717) is 15.9 Å². The van der Waals surface area contributed by atoms with Gasteiger partial charge in [0.15, 0.2) is 0 Å². The highest BCUT2D eigenvalue weighted by atomic mass is 127. The zero-order valence-corrected chi connectivity index (χ0v) is 13.6. The van der Waals surface area contributed by atoms with Crippen molar-refractivity contribution in [3.63, 3.8) is 0 Å². The molecule has 0 aromatic heterocycles. The highest BCUT2D eigenvalue weighted by Gasteiger charge is 2.16. The molecule has 1 atom stereocenters. The first-order chi connectivity index (χ1) is 8.86. The van der Waals surface area contributed by atoms with Gasteiger partial charge in [-0.2, -0.15) is 0 Å². The average Bonchev–Trinajstić information content (AvgIpc) is 2.38. The molecule has 0 radical (unpaired) electrons. The molecule has 0 bridgehead atoms. The van der Waals surface area contributed by atoms with E-state index in [-0.39, 0.29) is 11.9 Å². The van der Waals surface area contributed by atoms with E-state index in [0.717, 1.165) is 0 Å². The summed E-state index contributed by atoms with van der Waals surface area (Å²) >= 11 is 2.06. The lowest BCUT2D eigenvalue weighted by molar-refractivity contribution is 0.171. The second-order valence-corrected chi connectivity index (χ2v) is 5.19. The number of benzene rings is 1. The number of carbonyl (C=O) groups excluding carboxylic acids is 1. The van der Waals surface area contributed by atoms with Gasteiger partial charge >= 0.3 is 6.09 Å². The molecule has 1 aromatic rings. The third-order valence-electron chi connectivity index (χ3n) is 2.89. The molecule has 0 saturated heterocycles. The molecule has 0 aliphatic carbocycles. The maximum Gasteiger partial charge on any atom is 0.415 e. The smallest absolute Gasteiger partial charge is 0.410 e. The molecule has 0 saturated carbocycles. The van der Waals surface area contributed by atoms with Crippen molar-refractivity contribution in [1.82, 2.24) is 9.80 Å². The third-order valence-corrected chi connectivity index (χ3v) is 3.91. The lowest BCUT2D eigenvalue weighted by Crippen LogP contribution is -2.28. The minimum atomic E-state index is -0.454. The van der Waals surface area contributed by atoms with E-state index in [2.05, 4.69) is 22.6 Å². The predicted octanol–water partition coefficient (Wildman–Crippen LogP) is 3.27. The van der Waals surface area contributed by atoms with Crippen molar-refractivity contribution >= 4 is 28.7 Å². The van der Waals surface area contributed by atoms with Gasteiger partial charge in [-0.3, -0.25) is 0 Å². The number of halogens is 2. The largest absolute Gasteiger partial charge is 0.415 e. The van der Waals surface area contributed by atoms with Crippen LogP contribution in [0.15, 0.2) is 18.2 Å². The lowest BCUT2D eigenvalue weighted by Gasteiger charge is -2.21. The van der Waals surface area contributed by atoms with Gasteiger partial charge in [-0.05, 0) is 39.2 Å². The van der Waals surface area contributed by atoms with Crippen LogP contribution in [0.1, 0.15) is 18.5 Å². The zero-order valence-electron chi connectivity index (χ0n) is 11.5. The molecule has 0 unspecified atom stereocenters. The summed E-state index contributed by atoms with van der Waals surface area (Å²) in [6, 6.07) is 4.25. The predicted molar refractivity (Wildman–Crippen MR) is 81.2 cm³/mol. The summed E-state index contributed by atoms with van der Waals surface area (Å²) in [4.78, 5) is 15.0. The summed E-state index contributed by atoms with van der Waals surface area (Å²) in [5.74, 6) is 0.0510. The molecule has 1 aromatic carbocycles. The molecule has 0 spiro atoms. The summed E-state index contributed by atoms with van der Waals surface area (Å²) < 4.78 is 19.5. The van der Waals surface area contributed by atoms with Crippen molar-refractivity contribution in [2.24, 2.45) is 0 Å². The Hall–Kier alpha value is -0.890. The fraction of sp³-hybridized carbons (Fsp3) is 0.462. The fourth-order valence-electron chi connectivity index (χ4n) is 1.41. The van der Waals surface area contributed by atoms with Crippen LogP contribution in [0.25, 0.3) is 0 Å². The van der Waals surface area contributed by atoms with Gasteiger partial charge in [0.25, 0.3) is 0 Å². The lowest BCUT2D eigenvalue weighted by atomic mass is 10.1. The molecule has 4 nitrogen and oxygen atoms in total. The molecule has 0 aliphatic heterocycles. The quantitative estimate of drug-likeness (QED) is 0.457. The molecule has 0 heterocycles. The van der Waals surface area contributed by atoms with Crippen LogP contribution >= 0.6 is 22.6 Å². The summed E-state index contributed by atoms with van der Waals surface area (Å²) in [6.45, 7) is 1.89. The monoisotopic (exact) mass is 380 g/mol. The van der Waals surface area contributed by atoms with E-state index < -0.39 is 6.09 Å². The SMILES string of the molecule is C[C@@H](c1cc(OC(=O)N(C)CI)ccc1F)N(C)C. The molecule has 0 aliphatic rings. The first-order valence-electron chi connectivity index (χ1n) is 5.81. The maximum absolute atomic E-state index is 13.8. The topological polar surface area (TPSA) is 32.8 Å². The standard InChI is InChI=1S/C13H18FIN2O2/c1-9(16(2)3)11-7-10(5-6-12(11)14)19-13(18)17(4)8-15/h5-7,9H,8H2,1-4H3/t9-/m0/s1. The van der Waals surface area contributed by atoms with Crippen molar-refractivity contribution in [3.05, 3.63) is 29.6 Å². The Morgan fingerprint density at radius 1 is 1.42 bits per heavy atom. The van der Waals surface area contributed by atoms with Gasteiger partial charge in [-0.15, -0.1) is 0 Å². The maximum atomic E-state index is 13.8. The van der Waals surface area contributed by atoms with E-state index >= 15 is 0 Å². The Labute approximate surface area is 126 Å². The van der Waals surface area contributed by atoms with E-state index in [1.165, 1.54) is 17.0 Å². The fourth-order valence-corrected chi connectivity index (χ4v) is 1.69. The molecule has 1 amide bonds. The number of nitrogens with zero attached hydrogens (tertiary/aromatic N) is 2. The summed E-state index contributed by atoms with van der Waals surface area (Å²) in [5, 5.41) is 0. The minimum absolute atomic E-state index is 0.0963. The Bertz CT molecular complexity index is 454. The minimum Gasteiger partial charge on any atom is -0.410 e. The number of hydrogen-bond acceptors (Lipinski definition) is 3. The van der Waals surface area contributed by atoms with Crippen LogP contribution < -0.4 is 4.74 Å². The van der Waals surface area contributed by atoms with E-state index in [1.807, 2.05) is 25.9 Å². The van der Waals surface area contributed by atoms with Gasteiger partial charge in [-0.25, -0.2) is 9.18 Å². The Kier molecular flexibility index (Phi) is 5.99. The van der Waals surface area contributed by atoms with Crippen LogP contribution in [-0.2, 0) is 0 Å². The average molecular weight is 380 g/mol. The second kappa shape index (κ2) is 7.04. The molecule has 6 heteroatoms. The van der Waals surface area contributed by atoms with Crippen LogP contribution in [-0.4, -0.2) is 41.6 Å². The Morgan fingerprint density at radius 3 is 2.58 bits per heavy atom. The van der Waals surface area contributed by atoms with Gasteiger partial charge < -0.3 is 14.5 Å². The molecular formula is C13H18FIN2O2. The van der Waals surface area contributed by atoms with Gasteiger partial charge in [0.05, 0.1) is 4.55 Å². The third kappa shape index (κ3) is 4.31. The van der Waals surface area contributed by atoms with Crippen molar-refractivity contribution in [2.45, 2.75) is 13.0 Å². The second-order valence-electron chi connectivity index (χ2n) is 4.51.